The maximum absolute atomic E-state index is 5.66. The molecule has 1 aliphatic rings. The molecule has 0 aromatic carbocycles. The van der Waals surface area contributed by atoms with Gasteiger partial charge in [0.2, 0.25) is 0 Å². The predicted octanol–water partition coefficient (Wildman–Crippen LogP) is 2.25. The third kappa shape index (κ3) is 1.56. The Kier molecular flexibility index (Phi) is 2.13. The zero-order valence-corrected chi connectivity index (χ0v) is 9.00. The number of nitrogens with two attached hydrogens (primary N) is 1. The number of nitrogen functional groups attached to an aromatic ring is 1. The van der Waals surface area contributed by atoms with E-state index in [-0.39, 0.29) is 0 Å². The minimum atomic E-state index is 0.550. The van der Waals surface area contributed by atoms with E-state index >= 15 is 0 Å². The average molecular weight is 214 g/mol. The molecule has 4 nitrogen and oxygen atoms in total. The fraction of sp³-hybridized carbons (Fsp3) is 0.333. The summed E-state index contributed by atoms with van der Waals surface area (Å²) in [5, 5.41) is 4.38. The summed E-state index contributed by atoms with van der Waals surface area (Å²) in [5.41, 5.74) is 7.60. The number of hydrogen-bond donors (Lipinski definition) is 1. The van der Waals surface area contributed by atoms with E-state index < -0.39 is 0 Å². The molecule has 2 N–H and O–H groups in total. The quantitative estimate of drug-likeness (QED) is 0.834. The third-order valence-corrected chi connectivity index (χ3v) is 3.12. The molecule has 0 spiro atoms. The summed E-state index contributed by atoms with van der Waals surface area (Å²) in [6.45, 7) is 0. The van der Waals surface area contributed by atoms with Crippen LogP contribution in [-0.4, -0.2) is 14.8 Å². The summed E-state index contributed by atoms with van der Waals surface area (Å²) in [7, 11) is 0. The molecule has 1 saturated carbocycles. The van der Waals surface area contributed by atoms with Crippen molar-refractivity contribution >= 4 is 5.82 Å². The van der Waals surface area contributed by atoms with Crippen molar-refractivity contribution in [3.05, 3.63) is 30.6 Å². The number of rotatable bonds is 2. The Morgan fingerprint density at radius 2 is 2.19 bits per heavy atom. The van der Waals surface area contributed by atoms with Gasteiger partial charge < -0.3 is 5.73 Å². The molecule has 0 saturated heterocycles. The summed E-state index contributed by atoms with van der Waals surface area (Å²) in [6, 6.07) is 6.26. The van der Waals surface area contributed by atoms with Crippen molar-refractivity contribution in [2.45, 2.75) is 25.3 Å². The predicted molar refractivity (Wildman–Crippen MR) is 62.8 cm³/mol. The second-order valence-corrected chi connectivity index (χ2v) is 4.24. The van der Waals surface area contributed by atoms with Crippen LogP contribution < -0.4 is 5.73 Å². The van der Waals surface area contributed by atoms with E-state index in [1.807, 2.05) is 23.0 Å². The SMILES string of the molecule is Nc1cccc(-c2cnn(C3CCC3)c2)n1. The highest BCUT2D eigenvalue weighted by Crippen LogP contribution is 2.31. The maximum Gasteiger partial charge on any atom is 0.124 e. The number of nitrogens with zero attached hydrogens (tertiary/aromatic N) is 3. The molecule has 2 aromatic rings. The Morgan fingerprint density at radius 3 is 2.88 bits per heavy atom. The first-order valence-corrected chi connectivity index (χ1v) is 5.60. The van der Waals surface area contributed by atoms with Crippen LogP contribution in [0, 0.1) is 0 Å². The standard InChI is InChI=1S/C12H14N4/c13-12-6-2-5-11(15-12)9-7-14-16(8-9)10-3-1-4-10/h2,5-8,10H,1,3-4H2,(H2,13,15). The van der Waals surface area contributed by atoms with Crippen molar-refractivity contribution in [1.82, 2.24) is 14.8 Å². The molecule has 4 heteroatoms. The van der Waals surface area contributed by atoms with Gasteiger partial charge in [-0.15, -0.1) is 0 Å². The highest BCUT2D eigenvalue weighted by molar-refractivity contribution is 5.58. The van der Waals surface area contributed by atoms with Gasteiger partial charge in [-0.25, -0.2) is 4.98 Å². The molecule has 2 aromatic heterocycles. The molecule has 0 radical (unpaired) electrons. The van der Waals surface area contributed by atoms with Gasteiger partial charge in [0.1, 0.15) is 5.82 Å². The Balaban J connectivity index is 1.91. The van der Waals surface area contributed by atoms with E-state index in [2.05, 4.69) is 16.3 Å². The monoisotopic (exact) mass is 214 g/mol. The van der Waals surface area contributed by atoms with Gasteiger partial charge in [0, 0.05) is 11.8 Å². The van der Waals surface area contributed by atoms with Gasteiger partial charge in [-0.05, 0) is 31.4 Å². The lowest BCUT2D eigenvalue weighted by Crippen LogP contribution is -2.16. The topological polar surface area (TPSA) is 56.7 Å². The first-order valence-electron chi connectivity index (χ1n) is 5.60. The van der Waals surface area contributed by atoms with Crippen LogP contribution in [0.4, 0.5) is 5.82 Å². The van der Waals surface area contributed by atoms with Gasteiger partial charge in [0.25, 0.3) is 0 Å². The molecule has 2 heterocycles. The average Bonchev–Trinajstić information content (AvgIpc) is 2.64. The maximum atomic E-state index is 5.66. The summed E-state index contributed by atoms with van der Waals surface area (Å²) in [4.78, 5) is 4.28. The second kappa shape index (κ2) is 3.63. The van der Waals surface area contributed by atoms with Crippen LogP contribution in [0.3, 0.4) is 0 Å². The summed E-state index contributed by atoms with van der Waals surface area (Å²) in [5.74, 6) is 0.550. The van der Waals surface area contributed by atoms with Gasteiger partial charge in [-0.1, -0.05) is 6.07 Å². The van der Waals surface area contributed by atoms with Crippen molar-refractivity contribution in [1.29, 1.82) is 0 Å². The van der Waals surface area contributed by atoms with Crippen LogP contribution in [0.2, 0.25) is 0 Å². The second-order valence-electron chi connectivity index (χ2n) is 4.24. The minimum Gasteiger partial charge on any atom is -0.384 e. The van der Waals surface area contributed by atoms with E-state index in [0.717, 1.165) is 11.3 Å². The van der Waals surface area contributed by atoms with Crippen LogP contribution >= 0.6 is 0 Å². The first kappa shape index (κ1) is 9.39. The zero-order valence-electron chi connectivity index (χ0n) is 9.00. The van der Waals surface area contributed by atoms with E-state index in [9.17, 15) is 0 Å². The molecule has 0 amide bonds. The van der Waals surface area contributed by atoms with Crippen molar-refractivity contribution in [3.8, 4) is 11.3 Å². The molecule has 82 valence electrons. The highest BCUT2D eigenvalue weighted by atomic mass is 15.3. The molecule has 16 heavy (non-hydrogen) atoms. The molecule has 0 bridgehead atoms. The number of hydrogen-bond acceptors (Lipinski definition) is 3. The summed E-state index contributed by atoms with van der Waals surface area (Å²) < 4.78 is 2.05. The number of anilines is 1. The third-order valence-electron chi connectivity index (χ3n) is 3.12. The van der Waals surface area contributed by atoms with Gasteiger partial charge in [-0.2, -0.15) is 5.10 Å². The lowest BCUT2D eigenvalue weighted by Gasteiger charge is -2.25. The fourth-order valence-corrected chi connectivity index (χ4v) is 1.93. The fourth-order valence-electron chi connectivity index (χ4n) is 1.93. The van der Waals surface area contributed by atoms with Crippen LogP contribution in [0.25, 0.3) is 11.3 Å². The Labute approximate surface area is 94.1 Å². The Morgan fingerprint density at radius 1 is 1.31 bits per heavy atom. The molecular weight excluding hydrogens is 200 g/mol. The molecule has 0 unspecified atom stereocenters. The van der Waals surface area contributed by atoms with Gasteiger partial charge >= 0.3 is 0 Å². The van der Waals surface area contributed by atoms with E-state index in [1.54, 1.807) is 6.07 Å². The normalized spacial score (nSPS) is 16.0. The molecule has 1 aliphatic carbocycles. The van der Waals surface area contributed by atoms with E-state index in [4.69, 9.17) is 5.73 Å². The first-order chi connectivity index (χ1) is 7.83. The van der Waals surface area contributed by atoms with Gasteiger partial charge in [0.15, 0.2) is 0 Å². The van der Waals surface area contributed by atoms with E-state index in [1.165, 1.54) is 19.3 Å². The van der Waals surface area contributed by atoms with Crippen molar-refractivity contribution in [2.24, 2.45) is 0 Å². The minimum absolute atomic E-state index is 0.550. The lowest BCUT2D eigenvalue weighted by molar-refractivity contribution is 0.289. The Bertz CT molecular complexity index is 499. The molecule has 3 rings (SSSR count). The molecular formula is C12H14N4. The van der Waals surface area contributed by atoms with Crippen LogP contribution in [0.5, 0.6) is 0 Å². The molecule has 0 atom stereocenters. The van der Waals surface area contributed by atoms with Crippen molar-refractivity contribution in [2.75, 3.05) is 5.73 Å². The lowest BCUT2D eigenvalue weighted by atomic mass is 9.93. The number of pyridine rings is 1. The zero-order chi connectivity index (χ0) is 11.0. The molecule has 1 fully saturated rings. The number of aromatic nitrogens is 3. The van der Waals surface area contributed by atoms with Crippen LogP contribution in [0.1, 0.15) is 25.3 Å². The molecule has 0 aliphatic heterocycles. The van der Waals surface area contributed by atoms with Crippen molar-refractivity contribution in [3.63, 3.8) is 0 Å². The van der Waals surface area contributed by atoms with Crippen LogP contribution in [0.15, 0.2) is 30.6 Å². The van der Waals surface area contributed by atoms with Gasteiger partial charge in [-0.3, -0.25) is 4.68 Å². The van der Waals surface area contributed by atoms with Crippen LogP contribution in [-0.2, 0) is 0 Å². The summed E-state index contributed by atoms with van der Waals surface area (Å²) in [6.07, 6.45) is 7.72. The Hall–Kier alpha value is -1.84. The van der Waals surface area contributed by atoms with E-state index in [0.29, 0.717) is 11.9 Å². The van der Waals surface area contributed by atoms with Crippen molar-refractivity contribution < 1.29 is 0 Å². The van der Waals surface area contributed by atoms with Gasteiger partial charge in [0.05, 0.1) is 17.9 Å². The summed E-state index contributed by atoms with van der Waals surface area (Å²) >= 11 is 0. The smallest absolute Gasteiger partial charge is 0.124 e. The highest BCUT2D eigenvalue weighted by Gasteiger charge is 2.20. The largest absolute Gasteiger partial charge is 0.384 e.